The zero-order valence-electron chi connectivity index (χ0n) is 9.91. The number of nitro benzene ring substituents is 1. The summed E-state index contributed by atoms with van der Waals surface area (Å²) in [7, 11) is 0. The average Bonchev–Trinajstić information content (AvgIpc) is 2.34. The molecule has 7 heteroatoms. The smallest absolute Gasteiger partial charge is 0.283 e. The molecule has 0 spiro atoms. The van der Waals surface area contributed by atoms with Crippen molar-refractivity contribution in [2.45, 2.75) is 16.7 Å². The van der Waals surface area contributed by atoms with Crippen LogP contribution in [0.15, 0.2) is 44.9 Å². The van der Waals surface area contributed by atoms with Gasteiger partial charge in [-0.15, -0.1) is 0 Å². The molecule has 0 aliphatic heterocycles. The number of nitrogens with one attached hydrogen (secondary N) is 1. The maximum atomic E-state index is 11.7. The lowest BCUT2D eigenvalue weighted by Crippen LogP contribution is -2.09. The molecular weight excluding hydrogens is 268 g/mol. The van der Waals surface area contributed by atoms with Gasteiger partial charge in [-0.05, 0) is 13.0 Å². The van der Waals surface area contributed by atoms with Crippen LogP contribution in [0.2, 0.25) is 0 Å². The summed E-state index contributed by atoms with van der Waals surface area (Å²) in [5.41, 5.74) is -0.0538. The molecular formula is C12H10N2O4S. The number of hydrogen-bond donors (Lipinski definition) is 2. The number of hydrogen-bond acceptors (Lipinski definition) is 5. The molecule has 2 aromatic rings. The van der Waals surface area contributed by atoms with Crippen LogP contribution in [-0.4, -0.2) is 15.0 Å². The van der Waals surface area contributed by atoms with Crippen molar-refractivity contribution in [3.63, 3.8) is 0 Å². The Balaban J connectivity index is 2.48. The van der Waals surface area contributed by atoms with E-state index in [0.717, 1.165) is 11.8 Å². The zero-order chi connectivity index (χ0) is 14.0. The summed E-state index contributed by atoms with van der Waals surface area (Å²) < 4.78 is 0. The minimum absolute atomic E-state index is 0.0416. The number of aryl methyl sites for hydroxylation is 1. The molecule has 2 N–H and O–H groups in total. The summed E-state index contributed by atoms with van der Waals surface area (Å²) in [5.74, 6) is -0.190. The van der Waals surface area contributed by atoms with Gasteiger partial charge >= 0.3 is 0 Å². The first-order valence-electron chi connectivity index (χ1n) is 5.33. The van der Waals surface area contributed by atoms with E-state index in [1.165, 1.54) is 18.2 Å². The van der Waals surface area contributed by atoms with E-state index in [0.29, 0.717) is 10.6 Å². The Morgan fingerprint density at radius 1 is 1.37 bits per heavy atom. The molecule has 0 atom stereocenters. The van der Waals surface area contributed by atoms with Crippen molar-refractivity contribution in [1.82, 2.24) is 4.98 Å². The molecule has 0 amide bonds. The highest BCUT2D eigenvalue weighted by Crippen LogP contribution is 2.36. The van der Waals surface area contributed by atoms with Crippen LogP contribution in [0.4, 0.5) is 5.69 Å². The van der Waals surface area contributed by atoms with Crippen LogP contribution in [0.25, 0.3) is 0 Å². The molecule has 98 valence electrons. The van der Waals surface area contributed by atoms with Crippen LogP contribution in [0.1, 0.15) is 5.69 Å². The number of nitro groups is 1. The predicted octanol–water partition coefficient (Wildman–Crippen LogP) is 2.45. The monoisotopic (exact) mass is 278 g/mol. The van der Waals surface area contributed by atoms with Crippen molar-refractivity contribution in [2.75, 3.05) is 0 Å². The van der Waals surface area contributed by atoms with E-state index in [2.05, 4.69) is 4.98 Å². The third-order valence-electron chi connectivity index (χ3n) is 2.38. The third-order valence-corrected chi connectivity index (χ3v) is 3.54. The molecule has 0 fully saturated rings. The molecule has 2 rings (SSSR count). The first kappa shape index (κ1) is 13.2. The molecule has 1 aromatic heterocycles. The topological polar surface area (TPSA) is 96.2 Å². The van der Waals surface area contributed by atoms with Gasteiger partial charge in [0.15, 0.2) is 0 Å². The molecule has 1 heterocycles. The normalized spacial score (nSPS) is 10.4. The summed E-state index contributed by atoms with van der Waals surface area (Å²) in [5, 5.41) is 20.6. The van der Waals surface area contributed by atoms with Gasteiger partial charge in [0.1, 0.15) is 10.6 Å². The van der Waals surface area contributed by atoms with Crippen molar-refractivity contribution >= 4 is 17.4 Å². The summed E-state index contributed by atoms with van der Waals surface area (Å²) in [4.78, 5) is 25.0. The van der Waals surface area contributed by atoms with Gasteiger partial charge < -0.3 is 10.1 Å². The molecule has 0 saturated heterocycles. The highest BCUT2D eigenvalue weighted by Gasteiger charge is 2.17. The van der Waals surface area contributed by atoms with Gasteiger partial charge in [0.2, 0.25) is 0 Å². The zero-order valence-corrected chi connectivity index (χ0v) is 10.7. The number of pyridine rings is 1. The van der Waals surface area contributed by atoms with Gasteiger partial charge in [0.25, 0.3) is 11.2 Å². The Morgan fingerprint density at radius 2 is 2.05 bits per heavy atom. The summed E-state index contributed by atoms with van der Waals surface area (Å²) >= 11 is 0.869. The lowest BCUT2D eigenvalue weighted by atomic mass is 10.3. The number of H-pyrrole nitrogens is 1. The number of aromatic amines is 1. The van der Waals surface area contributed by atoms with Crippen LogP contribution in [0, 0.1) is 17.0 Å². The molecule has 0 unspecified atom stereocenters. The Labute approximate surface area is 112 Å². The fourth-order valence-electron chi connectivity index (χ4n) is 1.56. The van der Waals surface area contributed by atoms with Gasteiger partial charge in [-0.1, -0.05) is 23.9 Å². The van der Waals surface area contributed by atoms with Gasteiger partial charge in [-0.25, -0.2) is 0 Å². The van der Waals surface area contributed by atoms with Crippen LogP contribution in [0.5, 0.6) is 5.75 Å². The molecule has 0 saturated carbocycles. The summed E-state index contributed by atoms with van der Waals surface area (Å²) in [6.45, 7) is 1.64. The Hall–Kier alpha value is -2.28. The summed E-state index contributed by atoms with van der Waals surface area (Å²) in [6.07, 6.45) is 0. The summed E-state index contributed by atoms with van der Waals surface area (Å²) in [6, 6.07) is 7.46. The van der Waals surface area contributed by atoms with Crippen LogP contribution in [-0.2, 0) is 0 Å². The number of nitrogens with zero attached hydrogens (tertiary/aromatic N) is 1. The van der Waals surface area contributed by atoms with E-state index in [9.17, 15) is 20.0 Å². The second-order valence-electron chi connectivity index (χ2n) is 3.82. The van der Waals surface area contributed by atoms with Crippen LogP contribution < -0.4 is 5.56 Å². The first-order valence-corrected chi connectivity index (χ1v) is 6.15. The second-order valence-corrected chi connectivity index (χ2v) is 4.87. The Morgan fingerprint density at radius 3 is 2.68 bits per heavy atom. The van der Waals surface area contributed by atoms with E-state index in [1.54, 1.807) is 19.1 Å². The van der Waals surface area contributed by atoms with E-state index in [-0.39, 0.29) is 16.3 Å². The third kappa shape index (κ3) is 2.76. The van der Waals surface area contributed by atoms with E-state index >= 15 is 0 Å². The maximum Gasteiger partial charge on any atom is 0.283 e. The van der Waals surface area contributed by atoms with Crippen molar-refractivity contribution in [3.05, 3.63) is 56.5 Å². The highest BCUT2D eigenvalue weighted by atomic mass is 32.2. The minimum atomic E-state index is -0.526. The lowest BCUT2D eigenvalue weighted by Gasteiger charge is -2.05. The van der Waals surface area contributed by atoms with E-state index < -0.39 is 10.5 Å². The number of aromatic hydroxyl groups is 1. The van der Waals surface area contributed by atoms with Gasteiger partial charge in [0, 0.05) is 17.8 Å². The Kier molecular flexibility index (Phi) is 3.57. The molecule has 19 heavy (non-hydrogen) atoms. The van der Waals surface area contributed by atoms with Gasteiger partial charge in [-0.2, -0.15) is 0 Å². The lowest BCUT2D eigenvalue weighted by molar-refractivity contribution is -0.387. The van der Waals surface area contributed by atoms with Crippen molar-refractivity contribution in [1.29, 1.82) is 0 Å². The molecule has 1 aromatic carbocycles. The molecule has 6 nitrogen and oxygen atoms in total. The van der Waals surface area contributed by atoms with Gasteiger partial charge in [-0.3, -0.25) is 14.9 Å². The molecule has 0 bridgehead atoms. The van der Waals surface area contributed by atoms with Crippen molar-refractivity contribution in [2.24, 2.45) is 0 Å². The van der Waals surface area contributed by atoms with E-state index in [4.69, 9.17) is 0 Å². The van der Waals surface area contributed by atoms with Crippen LogP contribution in [0.3, 0.4) is 0 Å². The van der Waals surface area contributed by atoms with Crippen molar-refractivity contribution < 1.29 is 10.0 Å². The number of benzene rings is 1. The second kappa shape index (κ2) is 5.15. The number of para-hydroxylation sites is 1. The number of aromatic nitrogens is 1. The number of rotatable bonds is 3. The molecule has 0 aliphatic rings. The highest BCUT2D eigenvalue weighted by molar-refractivity contribution is 7.99. The fraction of sp³-hybridized carbons (Fsp3) is 0.0833. The standard InChI is InChI=1S/C12H10N2O4S/c1-7-6-9(15)11(12(16)13-7)19-10-5-3-2-4-8(10)14(17)18/h2-6H,1H3,(H2,13,15,16). The Bertz CT molecular complexity index is 696. The minimum Gasteiger partial charge on any atom is -0.506 e. The quantitative estimate of drug-likeness (QED) is 0.664. The first-order chi connectivity index (χ1) is 8.99. The largest absolute Gasteiger partial charge is 0.506 e. The SMILES string of the molecule is Cc1cc(O)c(Sc2ccccc2[N+](=O)[O-])c(=O)[nH]1. The van der Waals surface area contributed by atoms with E-state index in [1.807, 2.05) is 0 Å². The van der Waals surface area contributed by atoms with Crippen LogP contribution >= 0.6 is 11.8 Å². The maximum absolute atomic E-state index is 11.7. The molecule has 0 radical (unpaired) electrons. The predicted molar refractivity (Wildman–Crippen MR) is 70.7 cm³/mol. The fourth-order valence-corrected chi connectivity index (χ4v) is 2.48. The van der Waals surface area contributed by atoms with Gasteiger partial charge in [0.05, 0.1) is 9.82 Å². The molecule has 0 aliphatic carbocycles. The average molecular weight is 278 g/mol. The van der Waals surface area contributed by atoms with Crippen molar-refractivity contribution in [3.8, 4) is 5.75 Å².